The lowest BCUT2D eigenvalue weighted by Crippen LogP contribution is -2.33. The van der Waals surface area contributed by atoms with Gasteiger partial charge in [0.15, 0.2) is 0 Å². The van der Waals surface area contributed by atoms with Gasteiger partial charge in [-0.3, -0.25) is 0 Å². The molecule has 0 spiro atoms. The lowest BCUT2D eigenvalue weighted by Gasteiger charge is -2.23. The van der Waals surface area contributed by atoms with E-state index in [0.717, 1.165) is 30.2 Å². The number of rotatable bonds is 4. The molecule has 2 bridgehead atoms. The average Bonchev–Trinajstić information content (AvgIpc) is 2.99. The van der Waals surface area contributed by atoms with Crippen molar-refractivity contribution in [2.24, 2.45) is 11.8 Å². The number of ether oxygens (including phenoxy) is 1. The Morgan fingerprint density at radius 3 is 2.94 bits per heavy atom. The number of fused-ring (bicyclic) bond motifs is 2. The fourth-order valence-electron chi connectivity index (χ4n) is 3.53. The molecular formula is C15H21NO. The molecule has 1 aromatic carbocycles. The van der Waals surface area contributed by atoms with Gasteiger partial charge in [0.25, 0.3) is 0 Å². The van der Waals surface area contributed by atoms with Crippen molar-refractivity contribution >= 4 is 0 Å². The van der Waals surface area contributed by atoms with Gasteiger partial charge in [0.05, 0.1) is 7.11 Å². The summed E-state index contributed by atoms with van der Waals surface area (Å²) in [6.07, 6.45) is 5.78. The first kappa shape index (κ1) is 11.1. The number of benzene rings is 1. The molecule has 17 heavy (non-hydrogen) atoms. The quantitative estimate of drug-likeness (QED) is 0.860. The van der Waals surface area contributed by atoms with Crippen molar-refractivity contribution in [1.29, 1.82) is 0 Å². The van der Waals surface area contributed by atoms with E-state index in [9.17, 15) is 0 Å². The zero-order chi connectivity index (χ0) is 11.7. The van der Waals surface area contributed by atoms with Crippen LogP contribution in [0.1, 0.15) is 31.2 Å². The molecule has 2 nitrogen and oxygen atoms in total. The topological polar surface area (TPSA) is 21.3 Å². The molecule has 1 N–H and O–H groups in total. The first-order valence-corrected chi connectivity index (χ1v) is 6.71. The van der Waals surface area contributed by atoms with Crippen LogP contribution in [-0.2, 0) is 6.54 Å². The molecule has 2 aliphatic rings. The van der Waals surface area contributed by atoms with E-state index >= 15 is 0 Å². The molecule has 2 saturated carbocycles. The first-order chi connectivity index (χ1) is 8.35. The van der Waals surface area contributed by atoms with E-state index in [1.165, 1.54) is 31.2 Å². The molecule has 0 aromatic heterocycles. The Morgan fingerprint density at radius 2 is 2.24 bits per heavy atom. The molecular weight excluding hydrogens is 210 g/mol. The molecule has 0 aliphatic heterocycles. The van der Waals surface area contributed by atoms with Crippen molar-refractivity contribution in [2.45, 2.75) is 38.3 Å². The standard InChI is InChI=1S/C15H21NO/c1-17-14-4-2-3-12(8-14)10-16-15-9-11-5-6-13(15)7-11/h2-4,8,11,13,15-16H,5-7,9-10H2,1H3. The monoisotopic (exact) mass is 231 g/mol. The highest BCUT2D eigenvalue weighted by Gasteiger charge is 2.38. The van der Waals surface area contributed by atoms with E-state index in [2.05, 4.69) is 23.5 Å². The highest BCUT2D eigenvalue weighted by molar-refractivity contribution is 5.28. The van der Waals surface area contributed by atoms with Crippen LogP contribution in [0.4, 0.5) is 0 Å². The van der Waals surface area contributed by atoms with Gasteiger partial charge in [-0.15, -0.1) is 0 Å². The number of nitrogens with one attached hydrogen (secondary N) is 1. The largest absolute Gasteiger partial charge is 0.497 e. The minimum atomic E-state index is 0.764. The van der Waals surface area contributed by atoms with Crippen LogP contribution in [-0.4, -0.2) is 13.2 Å². The van der Waals surface area contributed by atoms with Gasteiger partial charge in [-0.1, -0.05) is 18.6 Å². The van der Waals surface area contributed by atoms with Crippen LogP contribution < -0.4 is 10.1 Å². The Hall–Kier alpha value is -1.02. The smallest absolute Gasteiger partial charge is 0.119 e. The fraction of sp³-hybridized carbons (Fsp3) is 0.600. The average molecular weight is 231 g/mol. The van der Waals surface area contributed by atoms with Crippen molar-refractivity contribution in [3.8, 4) is 5.75 Å². The van der Waals surface area contributed by atoms with Crippen LogP contribution in [0.15, 0.2) is 24.3 Å². The highest BCUT2D eigenvalue weighted by Crippen LogP contribution is 2.44. The van der Waals surface area contributed by atoms with Crippen molar-refractivity contribution < 1.29 is 4.74 Å². The molecule has 2 heteroatoms. The molecule has 1 aromatic rings. The third-order valence-electron chi connectivity index (χ3n) is 4.44. The lowest BCUT2D eigenvalue weighted by molar-refractivity contribution is 0.350. The van der Waals surface area contributed by atoms with Gasteiger partial charge in [-0.25, -0.2) is 0 Å². The van der Waals surface area contributed by atoms with Gasteiger partial charge in [-0.2, -0.15) is 0 Å². The summed E-state index contributed by atoms with van der Waals surface area (Å²) in [5.41, 5.74) is 1.33. The lowest BCUT2D eigenvalue weighted by atomic mass is 9.95. The van der Waals surface area contributed by atoms with E-state index in [4.69, 9.17) is 4.74 Å². The van der Waals surface area contributed by atoms with Gasteiger partial charge in [0.2, 0.25) is 0 Å². The van der Waals surface area contributed by atoms with Crippen LogP contribution in [0.5, 0.6) is 5.75 Å². The van der Waals surface area contributed by atoms with Crippen molar-refractivity contribution in [3.05, 3.63) is 29.8 Å². The van der Waals surface area contributed by atoms with E-state index in [1.807, 2.05) is 6.07 Å². The minimum absolute atomic E-state index is 0.764. The third-order valence-corrected chi connectivity index (χ3v) is 4.44. The fourth-order valence-corrected chi connectivity index (χ4v) is 3.53. The molecule has 0 radical (unpaired) electrons. The van der Waals surface area contributed by atoms with Gasteiger partial charge < -0.3 is 10.1 Å². The van der Waals surface area contributed by atoms with Crippen molar-refractivity contribution in [3.63, 3.8) is 0 Å². The maximum Gasteiger partial charge on any atom is 0.119 e. The van der Waals surface area contributed by atoms with Gasteiger partial charge in [0, 0.05) is 12.6 Å². The Morgan fingerprint density at radius 1 is 1.29 bits per heavy atom. The Bertz CT molecular complexity index is 390. The van der Waals surface area contributed by atoms with Crippen molar-refractivity contribution in [2.75, 3.05) is 7.11 Å². The zero-order valence-corrected chi connectivity index (χ0v) is 10.5. The molecule has 3 rings (SSSR count). The molecule has 3 atom stereocenters. The molecule has 0 amide bonds. The maximum absolute atomic E-state index is 5.25. The Balaban J connectivity index is 1.56. The molecule has 92 valence electrons. The second-order valence-electron chi connectivity index (χ2n) is 5.51. The summed E-state index contributed by atoms with van der Waals surface area (Å²) in [6.45, 7) is 0.977. The Kier molecular flexibility index (Phi) is 3.06. The first-order valence-electron chi connectivity index (χ1n) is 6.71. The number of methoxy groups -OCH3 is 1. The van der Waals surface area contributed by atoms with E-state index in [0.29, 0.717) is 0 Å². The zero-order valence-electron chi connectivity index (χ0n) is 10.5. The molecule has 3 unspecified atom stereocenters. The van der Waals surface area contributed by atoms with Gasteiger partial charge in [-0.05, 0) is 48.8 Å². The number of hydrogen-bond donors (Lipinski definition) is 1. The van der Waals surface area contributed by atoms with E-state index < -0.39 is 0 Å². The molecule has 2 aliphatic carbocycles. The van der Waals surface area contributed by atoms with Gasteiger partial charge in [0.1, 0.15) is 5.75 Å². The summed E-state index contributed by atoms with van der Waals surface area (Å²) in [4.78, 5) is 0. The third kappa shape index (κ3) is 2.32. The second kappa shape index (κ2) is 4.69. The maximum atomic E-state index is 5.25. The predicted molar refractivity (Wildman–Crippen MR) is 69.1 cm³/mol. The van der Waals surface area contributed by atoms with Crippen molar-refractivity contribution in [1.82, 2.24) is 5.32 Å². The summed E-state index contributed by atoms with van der Waals surface area (Å²) in [6, 6.07) is 9.13. The summed E-state index contributed by atoms with van der Waals surface area (Å²) in [5, 5.41) is 3.73. The van der Waals surface area contributed by atoms with E-state index in [1.54, 1.807) is 7.11 Å². The normalized spacial score (nSPS) is 30.8. The molecule has 0 saturated heterocycles. The Labute approximate surface area is 103 Å². The summed E-state index contributed by atoms with van der Waals surface area (Å²) >= 11 is 0. The summed E-state index contributed by atoms with van der Waals surface area (Å²) in [7, 11) is 1.72. The van der Waals surface area contributed by atoms with Crippen LogP contribution >= 0.6 is 0 Å². The predicted octanol–water partition coefficient (Wildman–Crippen LogP) is 2.97. The summed E-state index contributed by atoms with van der Waals surface area (Å²) in [5.74, 6) is 2.92. The van der Waals surface area contributed by atoms with Gasteiger partial charge >= 0.3 is 0 Å². The highest BCUT2D eigenvalue weighted by atomic mass is 16.5. The second-order valence-corrected chi connectivity index (χ2v) is 5.51. The minimum Gasteiger partial charge on any atom is -0.497 e. The van der Waals surface area contributed by atoms with Crippen LogP contribution in [0, 0.1) is 11.8 Å². The van der Waals surface area contributed by atoms with E-state index in [-0.39, 0.29) is 0 Å². The SMILES string of the molecule is COc1cccc(CNC2CC3CCC2C3)c1. The summed E-state index contributed by atoms with van der Waals surface area (Å²) < 4.78 is 5.25. The van der Waals surface area contributed by atoms with Crippen LogP contribution in [0.2, 0.25) is 0 Å². The molecule has 0 heterocycles. The van der Waals surface area contributed by atoms with Crippen LogP contribution in [0.25, 0.3) is 0 Å². The number of hydrogen-bond acceptors (Lipinski definition) is 2. The molecule has 2 fully saturated rings. The van der Waals surface area contributed by atoms with Crippen LogP contribution in [0.3, 0.4) is 0 Å².